The molecule has 0 aromatic heterocycles. The number of aliphatic carboxylic acids is 1. The lowest BCUT2D eigenvalue weighted by Gasteiger charge is -2.13. The predicted molar refractivity (Wildman–Crippen MR) is 117 cm³/mol. The minimum Gasteiger partial charge on any atom is -0.490 e. The number of hydrogen-bond acceptors (Lipinski definition) is 6. The number of nitrogens with one attached hydrogen (secondary N) is 1. The maximum Gasteiger partial charge on any atom is 0.341 e. The van der Waals surface area contributed by atoms with Gasteiger partial charge >= 0.3 is 5.97 Å². The lowest BCUT2D eigenvalue weighted by Crippen LogP contribution is -2.19. The highest BCUT2D eigenvalue weighted by Crippen LogP contribution is 2.36. The largest absolute Gasteiger partial charge is 0.490 e. The molecule has 1 fully saturated rings. The SMILES string of the molecule is CCOc1cccc(/C=C2/SC(=Nc3ccc(C)cc3C)NC2=O)c1OCC(=O)O. The number of nitrogens with zero attached hydrogens (tertiary/aromatic N) is 1. The maximum atomic E-state index is 12.5. The van der Waals surface area contributed by atoms with Crippen LogP contribution in [0.25, 0.3) is 6.08 Å². The van der Waals surface area contributed by atoms with Crippen molar-refractivity contribution in [2.24, 2.45) is 4.99 Å². The van der Waals surface area contributed by atoms with Gasteiger partial charge in [0.25, 0.3) is 5.91 Å². The highest BCUT2D eigenvalue weighted by atomic mass is 32.2. The van der Waals surface area contributed by atoms with E-state index in [0.717, 1.165) is 16.8 Å². The van der Waals surface area contributed by atoms with Gasteiger partial charge in [-0.2, -0.15) is 0 Å². The number of carboxylic acids is 1. The van der Waals surface area contributed by atoms with Crippen molar-refractivity contribution in [3.05, 3.63) is 58.0 Å². The van der Waals surface area contributed by atoms with E-state index in [-0.39, 0.29) is 11.7 Å². The molecule has 156 valence electrons. The van der Waals surface area contributed by atoms with Crippen LogP contribution in [0.1, 0.15) is 23.6 Å². The lowest BCUT2D eigenvalue weighted by molar-refractivity contribution is -0.139. The zero-order chi connectivity index (χ0) is 21.7. The second-order valence-electron chi connectivity index (χ2n) is 6.56. The summed E-state index contributed by atoms with van der Waals surface area (Å²) >= 11 is 1.21. The summed E-state index contributed by atoms with van der Waals surface area (Å²) < 4.78 is 11.0. The van der Waals surface area contributed by atoms with Gasteiger partial charge in [-0.05, 0) is 56.3 Å². The van der Waals surface area contributed by atoms with Crippen LogP contribution in [0.5, 0.6) is 11.5 Å². The average Bonchev–Trinajstić information content (AvgIpc) is 3.02. The zero-order valence-corrected chi connectivity index (χ0v) is 17.7. The summed E-state index contributed by atoms with van der Waals surface area (Å²) in [4.78, 5) is 28.4. The van der Waals surface area contributed by atoms with Crippen LogP contribution in [-0.2, 0) is 9.59 Å². The van der Waals surface area contributed by atoms with Crippen molar-refractivity contribution in [3.63, 3.8) is 0 Å². The molecule has 0 bridgehead atoms. The van der Waals surface area contributed by atoms with Crippen LogP contribution in [-0.4, -0.2) is 35.4 Å². The van der Waals surface area contributed by atoms with Crippen LogP contribution >= 0.6 is 11.8 Å². The third-order valence-corrected chi connectivity index (χ3v) is 5.07. The number of aryl methyl sites for hydroxylation is 2. The van der Waals surface area contributed by atoms with E-state index in [9.17, 15) is 9.59 Å². The van der Waals surface area contributed by atoms with Gasteiger partial charge in [0.05, 0.1) is 17.2 Å². The summed E-state index contributed by atoms with van der Waals surface area (Å²) in [6.07, 6.45) is 1.64. The molecule has 1 amide bonds. The molecular formula is C22H22N2O5S. The van der Waals surface area contributed by atoms with Gasteiger partial charge in [0, 0.05) is 5.56 Å². The fourth-order valence-corrected chi connectivity index (χ4v) is 3.69. The van der Waals surface area contributed by atoms with Crippen LogP contribution in [0.15, 0.2) is 46.3 Å². The van der Waals surface area contributed by atoms with Crippen molar-refractivity contribution in [1.29, 1.82) is 0 Å². The predicted octanol–water partition coefficient (Wildman–Crippen LogP) is 4.06. The average molecular weight is 426 g/mol. The molecule has 8 heteroatoms. The number of rotatable bonds is 7. The Labute approximate surface area is 178 Å². The van der Waals surface area contributed by atoms with Gasteiger partial charge in [-0.15, -0.1) is 0 Å². The van der Waals surface area contributed by atoms with Crippen LogP contribution in [0, 0.1) is 13.8 Å². The van der Waals surface area contributed by atoms with Gasteiger partial charge < -0.3 is 19.9 Å². The van der Waals surface area contributed by atoms with Gasteiger partial charge in [-0.3, -0.25) is 4.79 Å². The Morgan fingerprint density at radius 3 is 2.73 bits per heavy atom. The van der Waals surface area contributed by atoms with Crippen LogP contribution in [0.3, 0.4) is 0 Å². The van der Waals surface area contributed by atoms with Gasteiger partial charge in [-0.25, -0.2) is 9.79 Å². The van der Waals surface area contributed by atoms with Crippen molar-refractivity contribution < 1.29 is 24.2 Å². The van der Waals surface area contributed by atoms with Crippen molar-refractivity contribution in [1.82, 2.24) is 5.32 Å². The van der Waals surface area contributed by atoms with E-state index >= 15 is 0 Å². The normalized spacial score (nSPS) is 16.0. The highest BCUT2D eigenvalue weighted by Gasteiger charge is 2.25. The number of amidine groups is 1. The Hall–Kier alpha value is -3.26. The molecule has 1 aliphatic rings. The highest BCUT2D eigenvalue weighted by molar-refractivity contribution is 8.18. The number of hydrogen-bond donors (Lipinski definition) is 2. The van der Waals surface area contributed by atoms with E-state index in [4.69, 9.17) is 14.6 Å². The van der Waals surface area contributed by atoms with Gasteiger partial charge in [-0.1, -0.05) is 29.8 Å². The van der Waals surface area contributed by atoms with Crippen LogP contribution in [0.4, 0.5) is 5.69 Å². The Bertz CT molecular complexity index is 1050. The zero-order valence-electron chi connectivity index (χ0n) is 16.9. The third kappa shape index (κ3) is 5.21. The van der Waals surface area contributed by atoms with Crippen molar-refractivity contribution in [2.45, 2.75) is 20.8 Å². The van der Waals surface area contributed by atoms with E-state index in [1.165, 1.54) is 11.8 Å². The Morgan fingerprint density at radius 2 is 2.03 bits per heavy atom. The molecule has 1 saturated heterocycles. The van der Waals surface area contributed by atoms with Crippen LogP contribution < -0.4 is 14.8 Å². The number of ether oxygens (including phenoxy) is 2. The fraction of sp³-hybridized carbons (Fsp3) is 0.227. The number of aliphatic imine (C=N–C) groups is 1. The molecule has 0 aliphatic carbocycles. The minimum atomic E-state index is -1.10. The number of amides is 1. The molecule has 0 saturated carbocycles. The number of carbonyl (C=O) groups is 2. The summed E-state index contributed by atoms with van der Waals surface area (Å²) in [7, 11) is 0. The maximum absolute atomic E-state index is 12.5. The Morgan fingerprint density at radius 1 is 1.23 bits per heavy atom. The first-order chi connectivity index (χ1) is 14.4. The first kappa shape index (κ1) is 21.4. The van der Waals surface area contributed by atoms with E-state index in [0.29, 0.717) is 28.0 Å². The molecular weight excluding hydrogens is 404 g/mol. The van der Waals surface area contributed by atoms with E-state index in [1.807, 2.05) is 39.0 Å². The van der Waals surface area contributed by atoms with Gasteiger partial charge in [0.1, 0.15) is 0 Å². The van der Waals surface area contributed by atoms with Crippen molar-refractivity contribution in [2.75, 3.05) is 13.2 Å². The molecule has 3 rings (SSSR count). The number of carbonyl (C=O) groups excluding carboxylic acids is 1. The number of carboxylic acid groups (broad SMARTS) is 1. The van der Waals surface area contributed by atoms with Gasteiger partial charge in [0.15, 0.2) is 23.3 Å². The topological polar surface area (TPSA) is 97.2 Å². The quantitative estimate of drug-likeness (QED) is 0.648. The first-order valence-electron chi connectivity index (χ1n) is 9.34. The second kappa shape index (κ2) is 9.49. The first-order valence-corrected chi connectivity index (χ1v) is 10.2. The van der Waals surface area contributed by atoms with E-state index in [2.05, 4.69) is 10.3 Å². The molecule has 30 heavy (non-hydrogen) atoms. The Kier molecular flexibility index (Phi) is 6.79. The number of thioether (sulfide) groups is 1. The molecule has 2 aromatic carbocycles. The summed E-state index contributed by atoms with van der Waals surface area (Å²) in [5.41, 5.74) is 3.49. The lowest BCUT2D eigenvalue weighted by atomic mass is 10.1. The second-order valence-corrected chi connectivity index (χ2v) is 7.59. The minimum absolute atomic E-state index is 0.280. The molecule has 0 unspecified atom stereocenters. The smallest absolute Gasteiger partial charge is 0.341 e. The molecule has 2 N–H and O–H groups in total. The monoisotopic (exact) mass is 426 g/mol. The van der Waals surface area contributed by atoms with Crippen molar-refractivity contribution in [3.8, 4) is 11.5 Å². The Balaban J connectivity index is 1.91. The molecule has 2 aromatic rings. The fourth-order valence-electron chi connectivity index (χ4n) is 2.87. The molecule has 1 heterocycles. The molecule has 0 atom stereocenters. The van der Waals surface area contributed by atoms with Crippen LogP contribution in [0.2, 0.25) is 0 Å². The molecule has 1 aliphatic heterocycles. The standard InChI is InChI=1S/C22H22N2O5S/c1-4-28-17-7-5-6-15(20(17)29-12-19(25)26)11-18-21(27)24-22(30-18)23-16-9-8-13(2)10-14(16)3/h5-11H,4,12H2,1-3H3,(H,25,26)(H,23,24,27)/b18-11+. The summed E-state index contributed by atoms with van der Waals surface area (Å²) in [6, 6.07) is 11.1. The molecule has 7 nitrogen and oxygen atoms in total. The third-order valence-electron chi connectivity index (χ3n) is 4.16. The summed E-state index contributed by atoms with van der Waals surface area (Å²) in [5.74, 6) is -0.687. The summed E-state index contributed by atoms with van der Waals surface area (Å²) in [5, 5.41) is 12.2. The van der Waals surface area contributed by atoms with Gasteiger partial charge in [0.2, 0.25) is 0 Å². The summed E-state index contributed by atoms with van der Waals surface area (Å²) in [6.45, 7) is 5.68. The van der Waals surface area contributed by atoms with Crippen molar-refractivity contribution >= 4 is 40.6 Å². The molecule has 0 spiro atoms. The van der Waals surface area contributed by atoms with E-state index in [1.54, 1.807) is 24.3 Å². The van der Waals surface area contributed by atoms with E-state index < -0.39 is 12.6 Å². The number of para-hydroxylation sites is 1. The number of benzene rings is 2. The molecule has 0 radical (unpaired) electrons.